The normalized spacial score (nSPS) is 10.9. The highest BCUT2D eigenvalue weighted by molar-refractivity contribution is 5.91. The number of fused-ring (bicyclic) bond motifs is 1. The van der Waals surface area contributed by atoms with E-state index < -0.39 is 0 Å². The Kier molecular flexibility index (Phi) is 5.65. The zero-order chi connectivity index (χ0) is 20.9. The quantitative estimate of drug-likeness (QED) is 0.510. The summed E-state index contributed by atoms with van der Waals surface area (Å²) in [7, 11) is 0. The summed E-state index contributed by atoms with van der Waals surface area (Å²) in [5.41, 5.74) is 4.51. The molecule has 0 saturated heterocycles. The second kappa shape index (κ2) is 8.69. The molecule has 1 N–H and O–H groups in total. The first kappa shape index (κ1) is 19.5. The lowest BCUT2D eigenvalue weighted by molar-refractivity contribution is -0.116. The minimum absolute atomic E-state index is 0.0723. The molecule has 0 spiro atoms. The van der Waals surface area contributed by atoms with E-state index in [1.165, 1.54) is 6.33 Å². The van der Waals surface area contributed by atoms with Crippen molar-refractivity contribution in [1.29, 1.82) is 0 Å². The number of anilines is 1. The number of hydrogen-bond donors (Lipinski definition) is 1. The Balaban J connectivity index is 1.36. The molecular formula is C22H22N6O2. The standard InChI is InChI=1S/C22H22N6O2/c1-15-20(16(2)28-22(26-15)24-14-25-28)8-9-21(29)27-18-6-3-7-19(11-18)30-13-17-5-4-10-23-12-17/h3-7,10-12,14H,8-9,13H2,1-2H3,(H,27,29). The van der Waals surface area contributed by atoms with Gasteiger partial charge in [-0.1, -0.05) is 12.1 Å². The zero-order valence-corrected chi connectivity index (χ0v) is 16.9. The minimum Gasteiger partial charge on any atom is -0.489 e. The first-order valence-electron chi connectivity index (χ1n) is 9.67. The van der Waals surface area contributed by atoms with Crippen LogP contribution in [0, 0.1) is 13.8 Å². The van der Waals surface area contributed by atoms with Crippen molar-refractivity contribution in [2.75, 3.05) is 5.32 Å². The number of carbonyl (C=O) groups is 1. The van der Waals surface area contributed by atoms with Crippen molar-refractivity contribution >= 4 is 17.4 Å². The fourth-order valence-electron chi connectivity index (χ4n) is 3.29. The van der Waals surface area contributed by atoms with E-state index in [1.54, 1.807) is 16.9 Å². The van der Waals surface area contributed by atoms with Gasteiger partial charge >= 0.3 is 0 Å². The van der Waals surface area contributed by atoms with Gasteiger partial charge in [0, 0.05) is 47.5 Å². The number of ether oxygens (including phenoxy) is 1. The molecule has 30 heavy (non-hydrogen) atoms. The van der Waals surface area contributed by atoms with Gasteiger partial charge in [-0.05, 0) is 44.0 Å². The van der Waals surface area contributed by atoms with Crippen molar-refractivity contribution < 1.29 is 9.53 Å². The predicted molar refractivity (Wildman–Crippen MR) is 112 cm³/mol. The molecule has 0 aliphatic heterocycles. The summed E-state index contributed by atoms with van der Waals surface area (Å²) in [5, 5.41) is 7.12. The number of aromatic nitrogens is 5. The monoisotopic (exact) mass is 402 g/mol. The molecule has 0 atom stereocenters. The van der Waals surface area contributed by atoms with Gasteiger partial charge in [-0.3, -0.25) is 9.78 Å². The van der Waals surface area contributed by atoms with Gasteiger partial charge in [0.2, 0.25) is 5.91 Å². The third-order valence-electron chi connectivity index (χ3n) is 4.84. The second-order valence-corrected chi connectivity index (χ2v) is 6.96. The number of nitrogens with one attached hydrogen (secondary N) is 1. The minimum atomic E-state index is -0.0723. The number of hydrogen-bond acceptors (Lipinski definition) is 6. The fourth-order valence-corrected chi connectivity index (χ4v) is 3.29. The topological polar surface area (TPSA) is 94.3 Å². The molecule has 0 radical (unpaired) electrons. The molecule has 0 bridgehead atoms. The summed E-state index contributed by atoms with van der Waals surface area (Å²) >= 11 is 0. The Morgan fingerprint density at radius 1 is 1.20 bits per heavy atom. The summed E-state index contributed by atoms with van der Waals surface area (Å²) in [6.07, 6.45) is 5.88. The molecule has 4 aromatic rings. The van der Waals surface area contributed by atoms with Gasteiger partial charge < -0.3 is 10.1 Å². The maximum atomic E-state index is 12.5. The Morgan fingerprint density at radius 3 is 2.93 bits per heavy atom. The number of carbonyl (C=O) groups excluding carboxylic acids is 1. The van der Waals surface area contributed by atoms with E-state index in [9.17, 15) is 4.79 Å². The Bertz CT molecular complexity index is 1170. The van der Waals surface area contributed by atoms with Gasteiger partial charge in [-0.15, -0.1) is 0 Å². The maximum Gasteiger partial charge on any atom is 0.252 e. The van der Waals surface area contributed by atoms with E-state index in [4.69, 9.17) is 4.74 Å². The molecule has 0 saturated carbocycles. The third-order valence-corrected chi connectivity index (χ3v) is 4.84. The average molecular weight is 402 g/mol. The van der Waals surface area contributed by atoms with Crippen LogP contribution < -0.4 is 10.1 Å². The predicted octanol–water partition coefficient (Wildman–Crippen LogP) is 3.29. The molecule has 0 aliphatic carbocycles. The van der Waals surface area contributed by atoms with Gasteiger partial charge in [-0.2, -0.15) is 10.1 Å². The summed E-state index contributed by atoms with van der Waals surface area (Å²) < 4.78 is 7.49. The highest BCUT2D eigenvalue weighted by Gasteiger charge is 2.13. The molecule has 152 valence electrons. The molecule has 3 heterocycles. The number of pyridine rings is 1. The molecule has 0 aliphatic rings. The lowest BCUT2D eigenvalue weighted by Gasteiger charge is -2.11. The van der Waals surface area contributed by atoms with Gasteiger partial charge in [0.05, 0.1) is 0 Å². The number of rotatable bonds is 7. The van der Waals surface area contributed by atoms with Crippen molar-refractivity contribution in [1.82, 2.24) is 24.6 Å². The Labute approximate surface area is 174 Å². The molecule has 8 nitrogen and oxygen atoms in total. The molecule has 3 aromatic heterocycles. The first-order valence-corrected chi connectivity index (χ1v) is 9.67. The van der Waals surface area contributed by atoms with E-state index in [2.05, 4.69) is 25.4 Å². The molecule has 8 heteroatoms. The van der Waals surface area contributed by atoms with Gasteiger partial charge in [0.25, 0.3) is 5.78 Å². The average Bonchev–Trinajstić information content (AvgIpc) is 3.22. The number of benzene rings is 1. The zero-order valence-electron chi connectivity index (χ0n) is 16.9. The van der Waals surface area contributed by atoms with Gasteiger partial charge in [-0.25, -0.2) is 9.50 Å². The van der Waals surface area contributed by atoms with E-state index in [0.717, 1.165) is 22.5 Å². The van der Waals surface area contributed by atoms with Crippen molar-refractivity contribution in [2.45, 2.75) is 33.3 Å². The van der Waals surface area contributed by atoms with Crippen molar-refractivity contribution in [3.63, 3.8) is 0 Å². The lowest BCUT2D eigenvalue weighted by Crippen LogP contribution is -2.14. The second-order valence-electron chi connectivity index (χ2n) is 6.96. The number of amides is 1. The Hall–Kier alpha value is -3.81. The van der Waals surface area contributed by atoms with Crippen LogP contribution >= 0.6 is 0 Å². The van der Waals surface area contributed by atoms with Gasteiger partial charge in [0.1, 0.15) is 18.7 Å². The first-order chi connectivity index (χ1) is 14.6. The SMILES string of the molecule is Cc1nc2ncnn2c(C)c1CCC(=O)Nc1cccc(OCc2cccnc2)c1. The van der Waals surface area contributed by atoms with Crippen LogP contribution in [0.15, 0.2) is 55.1 Å². The summed E-state index contributed by atoms with van der Waals surface area (Å²) in [5.74, 6) is 1.18. The summed E-state index contributed by atoms with van der Waals surface area (Å²) in [6.45, 7) is 4.31. The number of nitrogens with zero attached hydrogens (tertiary/aromatic N) is 5. The summed E-state index contributed by atoms with van der Waals surface area (Å²) in [6, 6.07) is 11.2. The lowest BCUT2D eigenvalue weighted by atomic mass is 10.1. The molecule has 4 rings (SSSR count). The molecule has 0 unspecified atom stereocenters. The van der Waals surface area contributed by atoms with Crippen LogP contribution in [0.4, 0.5) is 5.69 Å². The smallest absolute Gasteiger partial charge is 0.252 e. The van der Waals surface area contributed by atoms with Crippen LogP contribution in [-0.2, 0) is 17.8 Å². The van der Waals surface area contributed by atoms with Crippen LogP contribution in [0.5, 0.6) is 5.75 Å². The fraction of sp³-hybridized carbons (Fsp3) is 0.227. The summed E-state index contributed by atoms with van der Waals surface area (Å²) in [4.78, 5) is 25.1. The number of aryl methyl sites for hydroxylation is 2. The van der Waals surface area contributed by atoms with Crippen molar-refractivity contribution in [2.24, 2.45) is 0 Å². The van der Waals surface area contributed by atoms with Crippen LogP contribution in [0.2, 0.25) is 0 Å². The van der Waals surface area contributed by atoms with E-state index in [0.29, 0.717) is 36.7 Å². The van der Waals surface area contributed by atoms with Crippen molar-refractivity contribution in [3.05, 3.63) is 77.6 Å². The molecule has 1 aromatic carbocycles. The highest BCUT2D eigenvalue weighted by Crippen LogP contribution is 2.20. The van der Waals surface area contributed by atoms with Gasteiger partial charge in [0.15, 0.2) is 0 Å². The maximum absolute atomic E-state index is 12.5. The molecule has 0 fully saturated rings. The molecular weight excluding hydrogens is 380 g/mol. The van der Waals surface area contributed by atoms with Crippen LogP contribution in [0.1, 0.15) is 28.9 Å². The van der Waals surface area contributed by atoms with E-state index >= 15 is 0 Å². The third kappa shape index (κ3) is 4.43. The van der Waals surface area contributed by atoms with Crippen molar-refractivity contribution in [3.8, 4) is 5.75 Å². The van der Waals surface area contributed by atoms with E-state index in [1.807, 2.05) is 50.2 Å². The van der Waals surface area contributed by atoms with E-state index in [-0.39, 0.29) is 5.91 Å². The van der Waals surface area contributed by atoms with Crippen LogP contribution in [-0.4, -0.2) is 30.5 Å². The van der Waals surface area contributed by atoms with Crippen LogP contribution in [0.3, 0.4) is 0 Å². The molecule has 1 amide bonds. The largest absolute Gasteiger partial charge is 0.489 e. The van der Waals surface area contributed by atoms with Crippen LogP contribution in [0.25, 0.3) is 5.78 Å². The Morgan fingerprint density at radius 2 is 2.10 bits per heavy atom. The highest BCUT2D eigenvalue weighted by atomic mass is 16.5.